The van der Waals surface area contributed by atoms with Crippen LogP contribution in [-0.4, -0.2) is 64.5 Å². The molecule has 5 rings (SSSR count). The van der Waals surface area contributed by atoms with Crippen LogP contribution in [0.15, 0.2) is 60.8 Å². The molecule has 1 aliphatic heterocycles. The van der Waals surface area contributed by atoms with Crippen LogP contribution in [0.3, 0.4) is 0 Å². The van der Waals surface area contributed by atoms with Gasteiger partial charge in [-0.1, -0.05) is 24.3 Å². The SMILES string of the molecule is COc1cccc(-n2c(C)cc(C(=O)N3CCN(C(=O)Cc4c[nH]c5ccccc45)CC3)c2C)c1. The van der Waals surface area contributed by atoms with Gasteiger partial charge in [0, 0.05) is 66.4 Å². The molecule has 3 heterocycles. The number of hydrogen-bond donors (Lipinski definition) is 1. The summed E-state index contributed by atoms with van der Waals surface area (Å²) in [6.45, 7) is 6.12. The zero-order valence-electron chi connectivity index (χ0n) is 20.4. The van der Waals surface area contributed by atoms with Crippen molar-refractivity contribution in [3.05, 3.63) is 83.3 Å². The van der Waals surface area contributed by atoms with Crippen LogP contribution in [0.25, 0.3) is 16.6 Å². The van der Waals surface area contributed by atoms with Gasteiger partial charge in [-0.25, -0.2) is 0 Å². The summed E-state index contributed by atoms with van der Waals surface area (Å²) < 4.78 is 7.45. The van der Waals surface area contributed by atoms with E-state index in [0.29, 0.717) is 38.2 Å². The number of ether oxygens (including phenoxy) is 1. The number of aromatic nitrogens is 2. The Hall–Kier alpha value is -4.00. The molecule has 35 heavy (non-hydrogen) atoms. The zero-order chi connectivity index (χ0) is 24.5. The van der Waals surface area contributed by atoms with Crippen molar-refractivity contribution in [2.24, 2.45) is 0 Å². The first-order valence-corrected chi connectivity index (χ1v) is 11.9. The summed E-state index contributed by atoms with van der Waals surface area (Å²) in [5, 5.41) is 1.08. The summed E-state index contributed by atoms with van der Waals surface area (Å²) >= 11 is 0. The Morgan fingerprint density at radius 1 is 0.943 bits per heavy atom. The standard InChI is InChI=1S/C28H30N4O3/c1-19-15-25(20(2)32(19)22-7-6-8-23(17-22)35-3)28(34)31-13-11-30(12-14-31)27(33)16-21-18-29-26-10-5-4-9-24(21)26/h4-10,15,17-18,29H,11-14,16H2,1-3H3. The highest BCUT2D eigenvalue weighted by molar-refractivity contribution is 5.96. The molecule has 180 valence electrons. The lowest BCUT2D eigenvalue weighted by atomic mass is 10.1. The monoisotopic (exact) mass is 470 g/mol. The van der Waals surface area contributed by atoms with Gasteiger partial charge in [0.2, 0.25) is 5.91 Å². The third-order valence-corrected chi connectivity index (χ3v) is 6.91. The van der Waals surface area contributed by atoms with Crippen molar-refractivity contribution in [1.82, 2.24) is 19.4 Å². The van der Waals surface area contributed by atoms with E-state index in [0.717, 1.165) is 39.3 Å². The maximum absolute atomic E-state index is 13.4. The predicted molar refractivity (Wildman–Crippen MR) is 136 cm³/mol. The van der Waals surface area contributed by atoms with Gasteiger partial charge < -0.3 is 24.1 Å². The normalized spacial score (nSPS) is 13.9. The van der Waals surface area contributed by atoms with Crippen molar-refractivity contribution in [2.45, 2.75) is 20.3 Å². The first kappa shape index (κ1) is 22.8. The lowest BCUT2D eigenvalue weighted by Crippen LogP contribution is -2.51. The van der Waals surface area contributed by atoms with Crippen molar-refractivity contribution in [2.75, 3.05) is 33.3 Å². The largest absolute Gasteiger partial charge is 0.497 e. The minimum atomic E-state index is 0.0102. The van der Waals surface area contributed by atoms with E-state index >= 15 is 0 Å². The number of para-hydroxylation sites is 1. The van der Waals surface area contributed by atoms with E-state index in [2.05, 4.69) is 9.55 Å². The highest BCUT2D eigenvalue weighted by atomic mass is 16.5. The van der Waals surface area contributed by atoms with E-state index in [4.69, 9.17) is 4.74 Å². The quantitative estimate of drug-likeness (QED) is 0.477. The van der Waals surface area contributed by atoms with Crippen molar-refractivity contribution in [3.63, 3.8) is 0 Å². The lowest BCUT2D eigenvalue weighted by molar-refractivity contribution is -0.131. The molecule has 0 unspecified atom stereocenters. The number of fused-ring (bicyclic) bond motifs is 1. The fraction of sp³-hybridized carbons (Fsp3) is 0.286. The average Bonchev–Trinajstić information content (AvgIpc) is 3.43. The first-order chi connectivity index (χ1) is 17.0. The van der Waals surface area contributed by atoms with Gasteiger partial charge >= 0.3 is 0 Å². The zero-order valence-corrected chi connectivity index (χ0v) is 20.4. The molecular formula is C28H30N4O3. The van der Waals surface area contributed by atoms with Crippen molar-refractivity contribution < 1.29 is 14.3 Å². The summed E-state index contributed by atoms with van der Waals surface area (Å²) in [6, 6.07) is 17.8. The summed E-state index contributed by atoms with van der Waals surface area (Å²) in [7, 11) is 1.65. The van der Waals surface area contributed by atoms with Gasteiger partial charge in [0.25, 0.3) is 5.91 Å². The summed E-state index contributed by atoms with van der Waals surface area (Å²) in [5.74, 6) is 0.880. The Balaban J connectivity index is 1.26. The molecular weight excluding hydrogens is 440 g/mol. The van der Waals surface area contributed by atoms with Crippen LogP contribution in [0, 0.1) is 13.8 Å². The predicted octanol–water partition coefficient (Wildman–Crippen LogP) is 4.11. The highest BCUT2D eigenvalue weighted by Gasteiger charge is 2.27. The Bertz CT molecular complexity index is 1390. The smallest absolute Gasteiger partial charge is 0.255 e. The van der Waals surface area contributed by atoms with Crippen LogP contribution in [0.5, 0.6) is 5.75 Å². The van der Waals surface area contributed by atoms with Gasteiger partial charge in [0.15, 0.2) is 0 Å². The van der Waals surface area contributed by atoms with Crippen molar-refractivity contribution >= 4 is 22.7 Å². The molecule has 0 saturated carbocycles. The van der Waals surface area contributed by atoms with Crippen LogP contribution in [0.1, 0.15) is 27.3 Å². The molecule has 1 aliphatic rings. The Kier molecular flexibility index (Phi) is 6.07. The highest BCUT2D eigenvalue weighted by Crippen LogP contribution is 2.25. The van der Waals surface area contributed by atoms with E-state index in [1.54, 1.807) is 7.11 Å². The number of nitrogens with one attached hydrogen (secondary N) is 1. The molecule has 0 radical (unpaired) electrons. The Morgan fingerprint density at radius 3 is 2.46 bits per heavy atom. The van der Waals surface area contributed by atoms with E-state index in [1.165, 1.54) is 0 Å². The molecule has 0 atom stereocenters. The number of methoxy groups -OCH3 is 1. The molecule has 1 fully saturated rings. The number of rotatable bonds is 5. The maximum atomic E-state index is 13.4. The molecule has 7 heteroatoms. The summed E-state index contributed by atoms with van der Waals surface area (Å²) in [6.07, 6.45) is 2.28. The van der Waals surface area contributed by atoms with Gasteiger partial charge in [0.1, 0.15) is 5.75 Å². The van der Waals surface area contributed by atoms with Crippen molar-refractivity contribution in [1.29, 1.82) is 0 Å². The number of carbonyl (C=O) groups excluding carboxylic acids is 2. The Labute approximate surface area is 204 Å². The number of carbonyl (C=O) groups is 2. The van der Waals surface area contributed by atoms with E-state index in [-0.39, 0.29) is 11.8 Å². The second-order valence-corrected chi connectivity index (χ2v) is 9.03. The van der Waals surface area contributed by atoms with Crippen LogP contribution >= 0.6 is 0 Å². The van der Waals surface area contributed by atoms with Gasteiger partial charge in [-0.3, -0.25) is 9.59 Å². The molecule has 0 spiro atoms. The number of aryl methyl sites for hydroxylation is 1. The number of benzene rings is 2. The van der Waals surface area contributed by atoms with Crippen LogP contribution < -0.4 is 4.74 Å². The number of amides is 2. The number of H-pyrrole nitrogens is 1. The topological polar surface area (TPSA) is 70.6 Å². The maximum Gasteiger partial charge on any atom is 0.255 e. The minimum absolute atomic E-state index is 0.0102. The van der Waals surface area contributed by atoms with E-state index < -0.39 is 0 Å². The lowest BCUT2D eigenvalue weighted by Gasteiger charge is -2.35. The molecule has 2 aromatic heterocycles. The number of piperazine rings is 1. The molecule has 0 bridgehead atoms. The fourth-order valence-corrected chi connectivity index (χ4v) is 5.01. The minimum Gasteiger partial charge on any atom is -0.497 e. The molecule has 0 aliphatic carbocycles. The third kappa shape index (κ3) is 4.30. The van der Waals surface area contributed by atoms with Gasteiger partial charge in [0.05, 0.1) is 19.1 Å². The number of nitrogens with zero attached hydrogens (tertiary/aromatic N) is 3. The van der Waals surface area contributed by atoms with Gasteiger partial charge in [-0.2, -0.15) is 0 Å². The van der Waals surface area contributed by atoms with Gasteiger partial charge in [-0.05, 0) is 43.7 Å². The Morgan fingerprint density at radius 2 is 1.69 bits per heavy atom. The third-order valence-electron chi connectivity index (χ3n) is 6.91. The molecule has 4 aromatic rings. The average molecular weight is 471 g/mol. The second kappa shape index (κ2) is 9.33. The molecule has 2 aromatic carbocycles. The molecule has 2 amide bonds. The summed E-state index contributed by atoms with van der Waals surface area (Å²) in [5.41, 5.74) is 5.60. The molecule has 1 N–H and O–H groups in total. The molecule has 7 nitrogen and oxygen atoms in total. The second-order valence-electron chi connectivity index (χ2n) is 9.03. The van der Waals surface area contributed by atoms with E-state index in [9.17, 15) is 9.59 Å². The van der Waals surface area contributed by atoms with Crippen LogP contribution in [0.4, 0.5) is 0 Å². The number of hydrogen-bond acceptors (Lipinski definition) is 3. The summed E-state index contributed by atoms with van der Waals surface area (Å²) in [4.78, 5) is 33.3. The van der Waals surface area contributed by atoms with E-state index in [1.807, 2.05) is 84.4 Å². The van der Waals surface area contributed by atoms with Gasteiger partial charge in [-0.15, -0.1) is 0 Å². The van der Waals surface area contributed by atoms with Crippen LogP contribution in [0.2, 0.25) is 0 Å². The molecule has 1 saturated heterocycles. The fourth-order valence-electron chi connectivity index (χ4n) is 5.01. The number of aromatic amines is 1. The van der Waals surface area contributed by atoms with Crippen LogP contribution in [-0.2, 0) is 11.2 Å². The van der Waals surface area contributed by atoms with Crippen molar-refractivity contribution in [3.8, 4) is 11.4 Å². The first-order valence-electron chi connectivity index (χ1n) is 11.9.